The summed E-state index contributed by atoms with van der Waals surface area (Å²) in [5.74, 6) is 0. The predicted octanol–water partition coefficient (Wildman–Crippen LogP) is 5.74. The van der Waals surface area contributed by atoms with Crippen LogP contribution in [0.15, 0.2) is 40.9 Å². The molecule has 0 fully saturated rings. The number of benzene rings is 2. The Morgan fingerprint density at radius 3 is 2.29 bits per heavy atom. The molecule has 0 saturated heterocycles. The quantitative estimate of drug-likeness (QED) is 0.727. The average Bonchev–Trinajstić information content (AvgIpc) is 2.41. The number of halogens is 5. The third-order valence-corrected chi connectivity index (χ3v) is 3.63. The van der Waals surface area contributed by atoms with E-state index >= 15 is 0 Å². The Hall–Kier alpha value is -1.71. The van der Waals surface area contributed by atoms with Crippen LogP contribution < -0.4 is 5.32 Å². The van der Waals surface area contributed by atoms with Crippen LogP contribution in [0.2, 0.25) is 5.02 Å². The summed E-state index contributed by atoms with van der Waals surface area (Å²) in [5.41, 5.74) is 0.591. The molecule has 0 aliphatic rings. The van der Waals surface area contributed by atoms with Gasteiger partial charge in [0.05, 0.1) is 33.6 Å². The molecule has 0 aliphatic carbocycles. The van der Waals surface area contributed by atoms with E-state index in [-0.39, 0.29) is 5.02 Å². The van der Waals surface area contributed by atoms with E-state index in [2.05, 4.69) is 21.2 Å². The Bertz CT molecular complexity index is 723. The normalized spacial score (nSPS) is 11.0. The summed E-state index contributed by atoms with van der Waals surface area (Å²) in [6.07, 6.45) is -4.43. The number of nitrogens with one attached hydrogen (secondary N) is 1. The van der Waals surface area contributed by atoms with E-state index in [1.165, 1.54) is 6.07 Å². The van der Waals surface area contributed by atoms with Crippen LogP contribution in [0.5, 0.6) is 0 Å². The molecule has 2 aromatic carbocycles. The van der Waals surface area contributed by atoms with Gasteiger partial charge in [-0.15, -0.1) is 0 Å². The lowest BCUT2D eigenvalue weighted by Crippen LogP contribution is -2.05. The standard InChI is InChI=1S/C14H7BrClF3N2/c15-10-5-8(7-20)1-3-12(10)21-13-4-2-9(6-11(13)16)14(17,18)19/h1-6,21H. The lowest BCUT2D eigenvalue weighted by Gasteiger charge is -2.13. The highest BCUT2D eigenvalue weighted by Crippen LogP contribution is 2.35. The zero-order valence-corrected chi connectivity index (χ0v) is 12.6. The van der Waals surface area contributed by atoms with Gasteiger partial charge < -0.3 is 5.32 Å². The lowest BCUT2D eigenvalue weighted by atomic mass is 10.2. The number of hydrogen-bond acceptors (Lipinski definition) is 2. The molecule has 2 nitrogen and oxygen atoms in total. The summed E-state index contributed by atoms with van der Waals surface area (Å²) in [6.45, 7) is 0. The molecule has 0 aromatic heterocycles. The van der Waals surface area contributed by atoms with E-state index in [9.17, 15) is 13.2 Å². The molecule has 0 bridgehead atoms. The third-order valence-electron chi connectivity index (χ3n) is 2.66. The Kier molecular flexibility index (Phi) is 4.45. The molecule has 0 atom stereocenters. The number of rotatable bonds is 2. The molecule has 0 aliphatic heterocycles. The molecule has 0 spiro atoms. The van der Waals surface area contributed by atoms with E-state index in [0.717, 1.165) is 12.1 Å². The molecule has 2 rings (SSSR count). The minimum atomic E-state index is -4.43. The Labute approximate surface area is 132 Å². The Morgan fingerprint density at radius 2 is 1.76 bits per heavy atom. The molecule has 0 unspecified atom stereocenters. The highest BCUT2D eigenvalue weighted by Gasteiger charge is 2.30. The van der Waals surface area contributed by atoms with Crippen LogP contribution in [-0.2, 0) is 6.18 Å². The maximum atomic E-state index is 12.6. The predicted molar refractivity (Wildman–Crippen MR) is 78.6 cm³/mol. The van der Waals surface area contributed by atoms with Crippen molar-refractivity contribution in [1.82, 2.24) is 0 Å². The van der Waals surface area contributed by atoms with E-state index in [0.29, 0.717) is 21.4 Å². The van der Waals surface area contributed by atoms with Crippen molar-refractivity contribution in [3.8, 4) is 6.07 Å². The molecular formula is C14H7BrClF3N2. The van der Waals surface area contributed by atoms with E-state index in [1.807, 2.05) is 6.07 Å². The first-order chi connectivity index (χ1) is 9.81. The van der Waals surface area contributed by atoms with Gasteiger partial charge in [0.15, 0.2) is 0 Å². The molecule has 0 saturated carbocycles. The number of hydrogen-bond donors (Lipinski definition) is 1. The fourth-order valence-electron chi connectivity index (χ4n) is 1.62. The average molecular weight is 376 g/mol. The third kappa shape index (κ3) is 3.69. The van der Waals surface area contributed by atoms with Gasteiger partial charge in [0.25, 0.3) is 0 Å². The first kappa shape index (κ1) is 15.7. The van der Waals surface area contributed by atoms with Crippen LogP contribution >= 0.6 is 27.5 Å². The molecule has 2 aromatic rings. The van der Waals surface area contributed by atoms with Crippen LogP contribution in [0, 0.1) is 11.3 Å². The zero-order chi connectivity index (χ0) is 15.6. The van der Waals surface area contributed by atoms with Gasteiger partial charge in [-0.2, -0.15) is 18.4 Å². The van der Waals surface area contributed by atoms with Gasteiger partial charge in [-0.3, -0.25) is 0 Å². The summed E-state index contributed by atoms with van der Waals surface area (Å²) in [6, 6.07) is 9.88. The minimum absolute atomic E-state index is 0.0407. The van der Waals surface area contributed by atoms with Crippen LogP contribution in [0.3, 0.4) is 0 Å². The summed E-state index contributed by atoms with van der Waals surface area (Å²) in [5, 5.41) is 11.6. The second-order valence-corrected chi connectivity index (χ2v) is 5.39. The second-order valence-electron chi connectivity index (χ2n) is 4.12. The smallest absolute Gasteiger partial charge is 0.353 e. The van der Waals surface area contributed by atoms with E-state index in [4.69, 9.17) is 16.9 Å². The minimum Gasteiger partial charge on any atom is -0.353 e. The second kappa shape index (κ2) is 5.96. The fraction of sp³-hybridized carbons (Fsp3) is 0.0714. The maximum absolute atomic E-state index is 12.6. The highest BCUT2D eigenvalue weighted by molar-refractivity contribution is 9.10. The van der Waals surface area contributed by atoms with Crippen molar-refractivity contribution in [2.45, 2.75) is 6.18 Å². The lowest BCUT2D eigenvalue weighted by molar-refractivity contribution is -0.137. The Morgan fingerprint density at radius 1 is 1.10 bits per heavy atom. The van der Waals surface area contributed by atoms with Crippen molar-refractivity contribution in [2.75, 3.05) is 5.32 Å². The number of nitriles is 1. The molecule has 0 amide bonds. The van der Waals surface area contributed by atoms with E-state index < -0.39 is 11.7 Å². The number of nitrogens with zero attached hydrogens (tertiary/aromatic N) is 1. The molecule has 21 heavy (non-hydrogen) atoms. The van der Waals surface area contributed by atoms with Crippen molar-refractivity contribution in [1.29, 1.82) is 5.26 Å². The molecule has 0 heterocycles. The zero-order valence-electron chi connectivity index (χ0n) is 10.3. The van der Waals surface area contributed by atoms with Crippen molar-refractivity contribution >= 4 is 38.9 Å². The van der Waals surface area contributed by atoms with Crippen LogP contribution in [0.4, 0.5) is 24.5 Å². The van der Waals surface area contributed by atoms with Gasteiger partial charge in [-0.05, 0) is 52.3 Å². The Balaban J connectivity index is 2.31. The number of anilines is 2. The van der Waals surface area contributed by atoms with Crippen LogP contribution in [0.25, 0.3) is 0 Å². The topological polar surface area (TPSA) is 35.8 Å². The fourth-order valence-corrected chi connectivity index (χ4v) is 2.33. The van der Waals surface area contributed by atoms with E-state index in [1.54, 1.807) is 18.2 Å². The summed E-state index contributed by atoms with van der Waals surface area (Å²) in [7, 11) is 0. The van der Waals surface area contributed by atoms with Gasteiger partial charge in [-0.1, -0.05) is 11.6 Å². The van der Waals surface area contributed by atoms with Gasteiger partial charge in [0.1, 0.15) is 0 Å². The van der Waals surface area contributed by atoms with Gasteiger partial charge in [-0.25, -0.2) is 0 Å². The van der Waals surface area contributed by atoms with Gasteiger partial charge in [0, 0.05) is 4.47 Å². The maximum Gasteiger partial charge on any atom is 0.416 e. The molecular weight excluding hydrogens is 369 g/mol. The highest BCUT2D eigenvalue weighted by atomic mass is 79.9. The first-order valence-corrected chi connectivity index (χ1v) is 6.82. The monoisotopic (exact) mass is 374 g/mol. The van der Waals surface area contributed by atoms with Gasteiger partial charge in [0.2, 0.25) is 0 Å². The molecule has 0 radical (unpaired) electrons. The SMILES string of the molecule is N#Cc1ccc(Nc2ccc(C(F)(F)F)cc2Cl)c(Br)c1. The van der Waals surface area contributed by atoms with Crippen molar-refractivity contribution in [3.05, 3.63) is 57.0 Å². The van der Waals surface area contributed by atoms with Crippen LogP contribution in [-0.4, -0.2) is 0 Å². The van der Waals surface area contributed by atoms with Crippen molar-refractivity contribution < 1.29 is 13.2 Å². The summed E-state index contributed by atoms with van der Waals surface area (Å²) >= 11 is 9.15. The van der Waals surface area contributed by atoms with Crippen molar-refractivity contribution in [2.24, 2.45) is 0 Å². The first-order valence-electron chi connectivity index (χ1n) is 5.64. The van der Waals surface area contributed by atoms with Crippen molar-refractivity contribution in [3.63, 3.8) is 0 Å². The molecule has 7 heteroatoms. The van der Waals surface area contributed by atoms with Crippen LogP contribution in [0.1, 0.15) is 11.1 Å². The molecule has 108 valence electrons. The number of alkyl halides is 3. The van der Waals surface area contributed by atoms with Gasteiger partial charge >= 0.3 is 6.18 Å². The summed E-state index contributed by atoms with van der Waals surface area (Å²) in [4.78, 5) is 0. The summed E-state index contributed by atoms with van der Waals surface area (Å²) < 4.78 is 38.3. The largest absolute Gasteiger partial charge is 0.416 e. The molecule has 1 N–H and O–H groups in total.